The molecular weight excluding hydrogens is 225 g/mol. The summed E-state index contributed by atoms with van der Waals surface area (Å²) in [6, 6.07) is 3.82. The first kappa shape index (κ1) is 12.6. The smallest absolute Gasteiger partial charge is 0.496 e. The Hall–Kier alpha value is -1.43. The average molecular weight is 236 g/mol. The third kappa shape index (κ3) is 3.62. The van der Waals surface area contributed by atoms with E-state index in [9.17, 15) is 13.2 Å². The van der Waals surface area contributed by atoms with Gasteiger partial charge in [-0.25, -0.2) is 0 Å². The van der Waals surface area contributed by atoms with Crippen LogP contribution >= 0.6 is 0 Å². The van der Waals surface area contributed by atoms with E-state index < -0.39 is 6.36 Å². The Morgan fingerprint density at radius 1 is 1.19 bits per heavy atom. The zero-order valence-electron chi connectivity index (χ0n) is 8.80. The monoisotopic (exact) mass is 236 g/mol. The molecule has 0 unspecified atom stereocenters. The highest BCUT2D eigenvalue weighted by Crippen LogP contribution is 2.28. The fourth-order valence-electron chi connectivity index (χ4n) is 1.22. The van der Waals surface area contributed by atoms with Crippen molar-refractivity contribution < 1.29 is 27.4 Å². The second-order valence-corrected chi connectivity index (χ2v) is 2.95. The van der Waals surface area contributed by atoms with Crippen LogP contribution in [-0.2, 0) is 11.3 Å². The van der Waals surface area contributed by atoms with E-state index in [2.05, 4.69) is 4.74 Å². The maximum absolute atomic E-state index is 12.0. The molecule has 16 heavy (non-hydrogen) atoms. The lowest BCUT2D eigenvalue weighted by Gasteiger charge is -2.12. The zero-order valence-corrected chi connectivity index (χ0v) is 8.80. The molecule has 0 N–H and O–H groups in total. The van der Waals surface area contributed by atoms with Gasteiger partial charge in [-0.05, 0) is 18.2 Å². The number of methoxy groups -OCH3 is 2. The molecule has 0 aliphatic heterocycles. The van der Waals surface area contributed by atoms with Crippen LogP contribution in [0.15, 0.2) is 18.2 Å². The van der Waals surface area contributed by atoms with Crippen LogP contribution < -0.4 is 9.47 Å². The minimum Gasteiger partial charge on any atom is -0.496 e. The number of hydrogen-bond donors (Lipinski definition) is 0. The maximum Gasteiger partial charge on any atom is 0.573 e. The summed E-state index contributed by atoms with van der Waals surface area (Å²) in [7, 11) is 2.87. The predicted molar refractivity (Wildman–Crippen MR) is 50.4 cm³/mol. The largest absolute Gasteiger partial charge is 0.573 e. The van der Waals surface area contributed by atoms with Gasteiger partial charge in [-0.1, -0.05) is 0 Å². The normalized spacial score (nSPS) is 11.3. The van der Waals surface area contributed by atoms with Crippen LogP contribution in [0.2, 0.25) is 0 Å². The molecule has 0 amide bonds. The van der Waals surface area contributed by atoms with E-state index in [0.717, 1.165) is 0 Å². The van der Waals surface area contributed by atoms with Crippen LogP contribution in [0.5, 0.6) is 11.5 Å². The molecule has 0 heterocycles. The molecule has 0 aliphatic rings. The fourth-order valence-corrected chi connectivity index (χ4v) is 1.22. The van der Waals surface area contributed by atoms with Gasteiger partial charge < -0.3 is 14.2 Å². The van der Waals surface area contributed by atoms with Crippen LogP contribution in [0.4, 0.5) is 13.2 Å². The molecule has 0 atom stereocenters. The summed E-state index contributed by atoms with van der Waals surface area (Å²) in [5, 5.41) is 0. The summed E-state index contributed by atoms with van der Waals surface area (Å²) in [5.41, 5.74) is 0.492. The van der Waals surface area contributed by atoms with E-state index in [1.54, 1.807) is 0 Å². The van der Waals surface area contributed by atoms with Crippen molar-refractivity contribution in [2.45, 2.75) is 13.0 Å². The molecule has 6 heteroatoms. The van der Waals surface area contributed by atoms with Gasteiger partial charge in [0.2, 0.25) is 0 Å². The SMILES string of the molecule is COCc1cc(OC(F)(F)F)ccc1OC. The number of hydrogen-bond acceptors (Lipinski definition) is 3. The highest BCUT2D eigenvalue weighted by atomic mass is 19.4. The minimum absolute atomic E-state index is 0.151. The highest BCUT2D eigenvalue weighted by Gasteiger charge is 2.31. The Bertz CT molecular complexity index is 350. The van der Waals surface area contributed by atoms with Crippen LogP contribution in [0.1, 0.15) is 5.56 Å². The third-order valence-corrected chi connectivity index (χ3v) is 1.79. The van der Waals surface area contributed by atoms with Crippen LogP contribution in [-0.4, -0.2) is 20.6 Å². The van der Waals surface area contributed by atoms with Crippen molar-refractivity contribution in [1.82, 2.24) is 0 Å². The average Bonchev–Trinajstić information content (AvgIpc) is 2.16. The Labute approximate surface area is 90.7 Å². The second-order valence-electron chi connectivity index (χ2n) is 2.95. The van der Waals surface area contributed by atoms with Gasteiger partial charge >= 0.3 is 6.36 Å². The van der Waals surface area contributed by atoms with Gasteiger partial charge in [-0.3, -0.25) is 0 Å². The lowest BCUT2D eigenvalue weighted by atomic mass is 10.2. The second kappa shape index (κ2) is 5.07. The van der Waals surface area contributed by atoms with Gasteiger partial charge in [0, 0.05) is 12.7 Å². The zero-order chi connectivity index (χ0) is 12.2. The number of rotatable bonds is 4. The van der Waals surface area contributed by atoms with Crippen LogP contribution in [0, 0.1) is 0 Å². The number of halogens is 3. The van der Waals surface area contributed by atoms with E-state index in [1.165, 1.54) is 32.4 Å². The van der Waals surface area contributed by atoms with Crippen molar-refractivity contribution in [2.75, 3.05) is 14.2 Å². The van der Waals surface area contributed by atoms with Gasteiger partial charge in [-0.2, -0.15) is 0 Å². The van der Waals surface area contributed by atoms with E-state index >= 15 is 0 Å². The topological polar surface area (TPSA) is 27.7 Å². The Balaban J connectivity index is 2.93. The first-order valence-corrected chi connectivity index (χ1v) is 4.38. The molecule has 0 bridgehead atoms. The molecular formula is C10H11F3O3. The summed E-state index contributed by atoms with van der Waals surface area (Å²) in [5.74, 6) is 0.164. The quantitative estimate of drug-likeness (QED) is 0.804. The molecule has 3 nitrogen and oxygen atoms in total. The van der Waals surface area contributed by atoms with E-state index in [-0.39, 0.29) is 12.4 Å². The fraction of sp³-hybridized carbons (Fsp3) is 0.400. The number of alkyl halides is 3. The summed E-state index contributed by atoms with van der Waals surface area (Å²) >= 11 is 0. The van der Waals surface area contributed by atoms with Crippen LogP contribution in [0.3, 0.4) is 0 Å². The van der Waals surface area contributed by atoms with Crippen molar-refractivity contribution in [3.63, 3.8) is 0 Å². The molecule has 0 aliphatic carbocycles. The highest BCUT2D eigenvalue weighted by molar-refractivity contribution is 5.40. The van der Waals surface area contributed by atoms with Crippen LogP contribution in [0.25, 0.3) is 0 Å². The molecule has 0 saturated heterocycles. The molecule has 0 spiro atoms. The maximum atomic E-state index is 12.0. The summed E-state index contributed by atoms with van der Waals surface area (Å²) < 4.78 is 49.5. The Kier molecular flexibility index (Phi) is 4.00. The van der Waals surface area contributed by atoms with Gasteiger partial charge in [0.25, 0.3) is 0 Å². The summed E-state index contributed by atoms with van der Waals surface area (Å²) in [4.78, 5) is 0. The van der Waals surface area contributed by atoms with Gasteiger partial charge in [-0.15, -0.1) is 13.2 Å². The molecule has 1 rings (SSSR count). The van der Waals surface area contributed by atoms with E-state index in [0.29, 0.717) is 11.3 Å². The number of benzene rings is 1. The first-order chi connectivity index (χ1) is 7.46. The predicted octanol–water partition coefficient (Wildman–Crippen LogP) is 2.74. The van der Waals surface area contributed by atoms with Gasteiger partial charge in [0.05, 0.1) is 13.7 Å². The lowest BCUT2D eigenvalue weighted by molar-refractivity contribution is -0.274. The van der Waals surface area contributed by atoms with Crippen molar-refractivity contribution in [1.29, 1.82) is 0 Å². The summed E-state index contributed by atoms with van der Waals surface area (Å²) in [6.07, 6.45) is -4.70. The molecule has 1 aromatic rings. The van der Waals surface area contributed by atoms with E-state index in [1.807, 2.05) is 0 Å². The lowest BCUT2D eigenvalue weighted by Crippen LogP contribution is -2.17. The minimum atomic E-state index is -4.70. The molecule has 90 valence electrons. The van der Waals surface area contributed by atoms with E-state index in [4.69, 9.17) is 9.47 Å². The molecule has 1 aromatic carbocycles. The molecule has 0 aromatic heterocycles. The Morgan fingerprint density at radius 3 is 2.38 bits per heavy atom. The molecule has 0 radical (unpaired) electrons. The van der Waals surface area contributed by atoms with Gasteiger partial charge in [0.15, 0.2) is 0 Å². The number of ether oxygens (including phenoxy) is 3. The van der Waals surface area contributed by atoms with Crippen molar-refractivity contribution in [2.24, 2.45) is 0 Å². The molecule has 0 saturated carbocycles. The van der Waals surface area contributed by atoms with Crippen molar-refractivity contribution in [3.8, 4) is 11.5 Å². The van der Waals surface area contributed by atoms with Crippen molar-refractivity contribution >= 4 is 0 Å². The van der Waals surface area contributed by atoms with Gasteiger partial charge in [0.1, 0.15) is 11.5 Å². The van der Waals surface area contributed by atoms with Crippen molar-refractivity contribution in [3.05, 3.63) is 23.8 Å². The summed E-state index contributed by atoms with van der Waals surface area (Å²) in [6.45, 7) is 0.151. The Morgan fingerprint density at radius 2 is 1.88 bits per heavy atom. The molecule has 0 fully saturated rings. The standard InChI is InChI=1S/C10H11F3O3/c1-14-6-7-5-8(16-10(11,12)13)3-4-9(7)15-2/h3-5H,6H2,1-2H3. The third-order valence-electron chi connectivity index (χ3n) is 1.79. The first-order valence-electron chi connectivity index (χ1n) is 4.38.